The van der Waals surface area contributed by atoms with Crippen LogP contribution in [0.1, 0.15) is 19.2 Å². The highest BCUT2D eigenvalue weighted by atomic mass is 35.5. The molecular formula is C14H17ClN4OS. The second-order valence-corrected chi connectivity index (χ2v) is 6.39. The number of aryl methyl sites for hydroxylation is 1. The van der Waals surface area contributed by atoms with E-state index < -0.39 is 0 Å². The van der Waals surface area contributed by atoms with Gasteiger partial charge in [0.2, 0.25) is 5.91 Å². The highest BCUT2D eigenvalue weighted by molar-refractivity contribution is 8.00. The summed E-state index contributed by atoms with van der Waals surface area (Å²) < 4.78 is 0. The Labute approximate surface area is 132 Å². The minimum absolute atomic E-state index is 0.0347. The summed E-state index contributed by atoms with van der Waals surface area (Å²) in [6, 6.07) is 7.49. The van der Waals surface area contributed by atoms with Crippen LogP contribution in [-0.2, 0) is 11.2 Å². The number of amides is 1. The van der Waals surface area contributed by atoms with Crippen molar-refractivity contribution in [2.45, 2.75) is 29.9 Å². The first-order chi connectivity index (χ1) is 10.1. The third kappa shape index (κ3) is 5.40. The van der Waals surface area contributed by atoms with Crippen molar-refractivity contribution < 1.29 is 4.79 Å². The Morgan fingerprint density at radius 2 is 2.19 bits per heavy atom. The van der Waals surface area contributed by atoms with Gasteiger partial charge in [-0.1, -0.05) is 11.6 Å². The first-order valence-electron chi connectivity index (χ1n) is 6.69. The van der Waals surface area contributed by atoms with Gasteiger partial charge in [0.25, 0.3) is 0 Å². The molecule has 0 fully saturated rings. The Hall–Kier alpha value is -1.53. The van der Waals surface area contributed by atoms with Crippen LogP contribution in [0.15, 0.2) is 35.5 Å². The number of halogens is 1. The number of aromatic amines is 1. The molecule has 1 aromatic heterocycles. The zero-order valence-electron chi connectivity index (χ0n) is 11.7. The van der Waals surface area contributed by atoms with Gasteiger partial charge in [0.15, 0.2) is 0 Å². The van der Waals surface area contributed by atoms with Crippen molar-refractivity contribution in [3.8, 4) is 0 Å². The van der Waals surface area contributed by atoms with Crippen molar-refractivity contribution in [2.75, 3.05) is 6.54 Å². The molecule has 7 heteroatoms. The molecule has 1 aromatic carbocycles. The zero-order chi connectivity index (χ0) is 15.1. The van der Waals surface area contributed by atoms with Crippen LogP contribution in [0.25, 0.3) is 0 Å². The van der Waals surface area contributed by atoms with E-state index >= 15 is 0 Å². The third-order valence-electron chi connectivity index (χ3n) is 2.85. The van der Waals surface area contributed by atoms with E-state index in [4.69, 9.17) is 11.6 Å². The van der Waals surface area contributed by atoms with E-state index in [9.17, 15) is 4.79 Å². The molecule has 2 aromatic rings. The number of carbonyl (C=O) groups excluding carboxylic acids is 1. The van der Waals surface area contributed by atoms with Crippen LogP contribution >= 0.6 is 23.4 Å². The quantitative estimate of drug-likeness (QED) is 0.607. The van der Waals surface area contributed by atoms with Crippen molar-refractivity contribution in [2.24, 2.45) is 0 Å². The van der Waals surface area contributed by atoms with Gasteiger partial charge in [-0.25, -0.2) is 4.98 Å². The van der Waals surface area contributed by atoms with Crippen LogP contribution in [0.4, 0.5) is 0 Å². The fourth-order valence-corrected chi connectivity index (χ4v) is 2.75. The Kier molecular flexibility index (Phi) is 6.07. The summed E-state index contributed by atoms with van der Waals surface area (Å²) >= 11 is 7.35. The van der Waals surface area contributed by atoms with Gasteiger partial charge in [-0.3, -0.25) is 9.89 Å². The van der Waals surface area contributed by atoms with Gasteiger partial charge in [0, 0.05) is 22.9 Å². The lowest BCUT2D eigenvalue weighted by Gasteiger charge is -2.11. The number of H-pyrrole nitrogens is 1. The van der Waals surface area contributed by atoms with Crippen LogP contribution in [0.3, 0.4) is 0 Å². The number of nitrogens with zero attached hydrogens (tertiary/aromatic N) is 2. The first-order valence-corrected chi connectivity index (χ1v) is 7.95. The normalized spacial score (nSPS) is 12.1. The molecule has 2 N–H and O–H groups in total. The number of hydrogen-bond donors (Lipinski definition) is 2. The van der Waals surface area contributed by atoms with Gasteiger partial charge >= 0.3 is 0 Å². The highest BCUT2D eigenvalue weighted by Gasteiger charge is 2.13. The Morgan fingerprint density at radius 1 is 1.43 bits per heavy atom. The number of rotatable bonds is 7. The number of nitrogens with one attached hydrogen (secondary N) is 2. The molecular weight excluding hydrogens is 308 g/mol. The second kappa shape index (κ2) is 8.05. The average molecular weight is 325 g/mol. The molecule has 0 saturated carbocycles. The molecule has 1 heterocycles. The molecule has 1 atom stereocenters. The molecule has 0 aliphatic carbocycles. The molecule has 0 saturated heterocycles. The van der Waals surface area contributed by atoms with Gasteiger partial charge in [-0.05, 0) is 37.6 Å². The lowest BCUT2D eigenvalue weighted by molar-refractivity contribution is -0.120. The summed E-state index contributed by atoms with van der Waals surface area (Å²) in [7, 11) is 0. The lowest BCUT2D eigenvalue weighted by Crippen LogP contribution is -2.31. The van der Waals surface area contributed by atoms with Gasteiger partial charge in [0.05, 0.1) is 5.25 Å². The standard InChI is InChI=1S/C14H17ClN4OS/c1-10(21-12-6-4-11(15)5-7-12)14(20)16-8-2-3-13-17-9-18-19-13/h4-7,9-10H,2-3,8H2,1H3,(H,16,20)(H,17,18,19). The molecule has 0 radical (unpaired) electrons. The topological polar surface area (TPSA) is 70.7 Å². The lowest BCUT2D eigenvalue weighted by atomic mass is 10.3. The van der Waals surface area contributed by atoms with Gasteiger partial charge in [0.1, 0.15) is 12.2 Å². The maximum atomic E-state index is 12.0. The molecule has 0 aliphatic heterocycles. The molecule has 5 nitrogen and oxygen atoms in total. The van der Waals surface area contributed by atoms with Crippen molar-refractivity contribution in [3.63, 3.8) is 0 Å². The maximum Gasteiger partial charge on any atom is 0.233 e. The summed E-state index contributed by atoms with van der Waals surface area (Å²) in [5.74, 6) is 0.875. The Bertz CT molecular complexity index is 559. The van der Waals surface area contributed by atoms with E-state index in [1.54, 1.807) is 0 Å². The van der Waals surface area contributed by atoms with E-state index in [1.165, 1.54) is 18.1 Å². The van der Waals surface area contributed by atoms with E-state index in [1.807, 2.05) is 31.2 Å². The molecule has 21 heavy (non-hydrogen) atoms. The zero-order valence-corrected chi connectivity index (χ0v) is 13.2. The number of carbonyl (C=O) groups is 1. The third-order valence-corrected chi connectivity index (χ3v) is 4.21. The largest absolute Gasteiger partial charge is 0.355 e. The van der Waals surface area contributed by atoms with Gasteiger partial charge in [-0.2, -0.15) is 5.10 Å². The number of thioether (sulfide) groups is 1. The molecule has 1 amide bonds. The second-order valence-electron chi connectivity index (χ2n) is 4.54. The SMILES string of the molecule is CC(Sc1ccc(Cl)cc1)C(=O)NCCCc1ncn[nH]1. The average Bonchev–Trinajstić information content (AvgIpc) is 2.99. The Morgan fingerprint density at radius 3 is 2.86 bits per heavy atom. The maximum absolute atomic E-state index is 12.0. The van der Waals surface area contributed by atoms with E-state index in [0.29, 0.717) is 11.6 Å². The summed E-state index contributed by atoms with van der Waals surface area (Å²) in [6.07, 6.45) is 3.09. The van der Waals surface area contributed by atoms with E-state index in [2.05, 4.69) is 20.5 Å². The van der Waals surface area contributed by atoms with Crippen molar-refractivity contribution in [1.82, 2.24) is 20.5 Å². The molecule has 1 unspecified atom stereocenters. The van der Waals surface area contributed by atoms with Crippen LogP contribution < -0.4 is 5.32 Å². The Balaban J connectivity index is 1.68. The summed E-state index contributed by atoms with van der Waals surface area (Å²) in [6.45, 7) is 2.52. The summed E-state index contributed by atoms with van der Waals surface area (Å²) in [5, 5.41) is 10.1. The molecule has 0 bridgehead atoms. The summed E-state index contributed by atoms with van der Waals surface area (Å²) in [5.41, 5.74) is 0. The predicted molar refractivity (Wildman–Crippen MR) is 84.5 cm³/mol. The molecule has 0 aliphatic rings. The van der Waals surface area contributed by atoms with Crippen molar-refractivity contribution >= 4 is 29.3 Å². The highest BCUT2D eigenvalue weighted by Crippen LogP contribution is 2.24. The van der Waals surface area contributed by atoms with Gasteiger partial charge in [-0.15, -0.1) is 11.8 Å². The molecule has 0 spiro atoms. The molecule has 2 rings (SSSR count). The number of benzene rings is 1. The van der Waals surface area contributed by atoms with Crippen LogP contribution in [0.2, 0.25) is 5.02 Å². The monoisotopic (exact) mass is 324 g/mol. The van der Waals surface area contributed by atoms with Crippen LogP contribution in [0, 0.1) is 0 Å². The van der Waals surface area contributed by atoms with Crippen molar-refractivity contribution in [3.05, 3.63) is 41.4 Å². The predicted octanol–water partition coefficient (Wildman–Crippen LogP) is 2.69. The fraction of sp³-hybridized carbons (Fsp3) is 0.357. The van der Waals surface area contributed by atoms with E-state index in [0.717, 1.165) is 23.6 Å². The first kappa shape index (κ1) is 15.9. The van der Waals surface area contributed by atoms with Crippen molar-refractivity contribution in [1.29, 1.82) is 0 Å². The number of hydrogen-bond acceptors (Lipinski definition) is 4. The van der Waals surface area contributed by atoms with Gasteiger partial charge < -0.3 is 5.32 Å². The van der Waals surface area contributed by atoms with Crippen LogP contribution in [-0.4, -0.2) is 32.9 Å². The smallest absolute Gasteiger partial charge is 0.233 e. The summed E-state index contributed by atoms with van der Waals surface area (Å²) in [4.78, 5) is 17.0. The minimum Gasteiger partial charge on any atom is -0.355 e. The number of aromatic nitrogens is 3. The molecule has 112 valence electrons. The van der Waals surface area contributed by atoms with Crippen LogP contribution in [0.5, 0.6) is 0 Å². The van der Waals surface area contributed by atoms with E-state index in [-0.39, 0.29) is 11.2 Å². The fourth-order valence-electron chi connectivity index (χ4n) is 1.73. The minimum atomic E-state index is -0.142.